The summed E-state index contributed by atoms with van der Waals surface area (Å²) in [6.45, 7) is 4.27. The fourth-order valence-electron chi connectivity index (χ4n) is 2.25. The van der Waals surface area contributed by atoms with E-state index < -0.39 is 0 Å². The van der Waals surface area contributed by atoms with Gasteiger partial charge in [0.05, 0.1) is 6.61 Å². The molecule has 1 aliphatic carbocycles. The van der Waals surface area contributed by atoms with E-state index in [0.717, 1.165) is 25.8 Å². The first-order chi connectivity index (χ1) is 7.26. The third-order valence-corrected chi connectivity index (χ3v) is 3.60. The molecule has 86 valence electrons. The Bertz CT molecular complexity index is 227. The van der Waals surface area contributed by atoms with E-state index >= 15 is 0 Å². The topological polar surface area (TPSA) is 50.4 Å². The molecule has 1 saturated carbocycles. The second kappa shape index (κ2) is 4.49. The highest BCUT2D eigenvalue weighted by atomic mass is 16.5. The summed E-state index contributed by atoms with van der Waals surface area (Å²) in [4.78, 5) is 11.9. The first kappa shape index (κ1) is 10.9. The summed E-state index contributed by atoms with van der Waals surface area (Å²) >= 11 is 0. The van der Waals surface area contributed by atoms with Crippen LogP contribution in [0.25, 0.3) is 0 Å². The van der Waals surface area contributed by atoms with E-state index in [1.54, 1.807) is 0 Å². The summed E-state index contributed by atoms with van der Waals surface area (Å²) in [5.74, 6) is 0.0590. The monoisotopic (exact) mass is 212 g/mol. The molecule has 1 aliphatic heterocycles. The normalized spacial score (nSPS) is 29.3. The van der Waals surface area contributed by atoms with Crippen LogP contribution < -0.4 is 10.6 Å². The highest BCUT2D eigenvalue weighted by Crippen LogP contribution is 2.34. The largest absolute Gasteiger partial charge is 0.366 e. The Labute approximate surface area is 90.8 Å². The predicted molar refractivity (Wildman–Crippen MR) is 57.6 cm³/mol. The van der Waals surface area contributed by atoms with Gasteiger partial charge in [-0.2, -0.15) is 0 Å². The summed E-state index contributed by atoms with van der Waals surface area (Å²) in [5.41, 5.74) is 0.0812. The van der Waals surface area contributed by atoms with Crippen molar-refractivity contribution in [3.63, 3.8) is 0 Å². The van der Waals surface area contributed by atoms with E-state index in [2.05, 4.69) is 17.6 Å². The molecule has 15 heavy (non-hydrogen) atoms. The van der Waals surface area contributed by atoms with Crippen LogP contribution >= 0.6 is 0 Å². The van der Waals surface area contributed by atoms with Crippen LogP contribution in [0.2, 0.25) is 0 Å². The molecule has 2 N–H and O–H groups in total. The van der Waals surface area contributed by atoms with Crippen LogP contribution in [0.1, 0.15) is 32.6 Å². The molecule has 1 amide bonds. The van der Waals surface area contributed by atoms with E-state index in [9.17, 15) is 4.79 Å². The van der Waals surface area contributed by atoms with Crippen LogP contribution in [0.3, 0.4) is 0 Å². The summed E-state index contributed by atoms with van der Waals surface area (Å²) in [7, 11) is 0. The first-order valence-corrected chi connectivity index (χ1v) is 5.90. The third kappa shape index (κ3) is 2.32. The zero-order chi connectivity index (χ0) is 10.7. The molecule has 4 heteroatoms. The molecule has 1 heterocycles. The lowest BCUT2D eigenvalue weighted by molar-refractivity contribution is -0.137. The fourth-order valence-corrected chi connectivity index (χ4v) is 2.25. The molecular weight excluding hydrogens is 192 g/mol. The number of carbonyl (C=O) groups excluding carboxylic acids is 1. The molecule has 1 atom stereocenters. The number of hydrogen-bond donors (Lipinski definition) is 2. The molecular formula is C11H20N2O2. The van der Waals surface area contributed by atoms with Gasteiger partial charge < -0.3 is 15.4 Å². The molecule has 0 aromatic heterocycles. The Morgan fingerprint density at radius 1 is 1.60 bits per heavy atom. The number of ether oxygens (including phenoxy) is 1. The van der Waals surface area contributed by atoms with Crippen LogP contribution in [0.15, 0.2) is 0 Å². The Hall–Kier alpha value is -0.610. The van der Waals surface area contributed by atoms with Crippen molar-refractivity contribution in [3.05, 3.63) is 0 Å². The highest BCUT2D eigenvalue weighted by Gasteiger charge is 2.38. The number of nitrogens with one attached hydrogen (secondary N) is 2. The number of morpholine rings is 1. The van der Waals surface area contributed by atoms with Crippen LogP contribution in [0.5, 0.6) is 0 Å². The van der Waals surface area contributed by atoms with E-state index in [-0.39, 0.29) is 17.6 Å². The van der Waals surface area contributed by atoms with Crippen LogP contribution in [-0.2, 0) is 9.53 Å². The van der Waals surface area contributed by atoms with Gasteiger partial charge in [-0.15, -0.1) is 0 Å². The average molecular weight is 212 g/mol. The van der Waals surface area contributed by atoms with Gasteiger partial charge in [0.15, 0.2) is 0 Å². The summed E-state index contributed by atoms with van der Waals surface area (Å²) < 4.78 is 5.42. The maximum Gasteiger partial charge on any atom is 0.250 e. The predicted octanol–water partition coefficient (Wildman–Crippen LogP) is 0.424. The van der Waals surface area contributed by atoms with Crippen molar-refractivity contribution in [3.8, 4) is 0 Å². The van der Waals surface area contributed by atoms with E-state index in [1.165, 1.54) is 6.42 Å². The Morgan fingerprint density at radius 3 is 2.87 bits per heavy atom. The lowest BCUT2D eigenvalue weighted by Gasteiger charge is -2.43. The summed E-state index contributed by atoms with van der Waals surface area (Å²) in [6.07, 6.45) is 4.21. The highest BCUT2D eigenvalue weighted by molar-refractivity contribution is 5.82. The van der Waals surface area contributed by atoms with Gasteiger partial charge >= 0.3 is 0 Å². The molecule has 1 unspecified atom stereocenters. The number of amides is 1. The maximum absolute atomic E-state index is 11.9. The number of hydrogen-bond acceptors (Lipinski definition) is 3. The Kier molecular flexibility index (Phi) is 3.26. The number of carbonyl (C=O) groups is 1. The Morgan fingerprint density at radius 2 is 2.40 bits per heavy atom. The third-order valence-electron chi connectivity index (χ3n) is 3.60. The lowest BCUT2D eigenvalue weighted by atomic mass is 9.74. The molecule has 0 spiro atoms. The summed E-state index contributed by atoms with van der Waals surface area (Å²) in [6, 6.07) is 0. The molecule has 0 aromatic rings. The van der Waals surface area contributed by atoms with E-state index in [4.69, 9.17) is 4.74 Å². The van der Waals surface area contributed by atoms with Crippen LogP contribution in [-0.4, -0.2) is 37.2 Å². The van der Waals surface area contributed by atoms with Crippen molar-refractivity contribution in [1.82, 2.24) is 10.6 Å². The van der Waals surface area contributed by atoms with Gasteiger partial charge in [-0.3, -0.25) is 4.79 Å². The minimum absolute atomic E-state index is 0.0590. The Balaban J connectivity index is 1.85. The van der Waals surface area contributed by atoms with Crippen LogP contribution in [0, 0.1) is 0 Å². The zero-order valence-corrected chi connectivity index (χ0v) is 9.34. The first-order valence-electron chi connectivity index (χ1n) is 5.90. The molecule has 0 bridgehead atoms. The van der Waals surface area contributed by atoms with Crippen molar-refractivity contribution in [1.29, 1.82) is 0 Å². The van der Waals surface area contributed by atoms with Gasteiger partial charge in [0.2, 0.25) is 0 Å². The standard InChI is InChI=1S/C11H20N2O2/c1-2-11(4-3-5-11)13-10(14)9-8-12-6-7-15-9/h9,12H,2-8H2,1H3,(H,13,14). The van der Waals surface area contributed by atoms with Gasteiger partial charge in [-0.1, -0.05) is 6.92 Å². The van der Waals surface area contributed by atoms with Crippen molar-refractivity contribution in [2.75, 3.05) is 19.7 Å². The van der Waals surface area contributed by atoms with Crippen molar-refractivity contribution >= 4 is 5.91 Å². The van der Waals surface area contributed by atoms with Crippen molar-refractivity contribution < 1.29 is 9.53 Å². The molecule has 0 radical (unpaired) electrons. The molecule has 1 saturated heterocycles. The lowest BCUT2D eigenvalue weighted by Crippen LogP contribution is -2.58. The second-order valence-electron chi connectivity index (χ2n) is 4.54. The van der Waals surface area contributed by atoms with Crippen LogP contribution in [0.4, 0.5) is 0 Å². The average Bonchev–Trinajstić information content (AvgIpc) is 2.24. The molecule has 2 aliphatic rings. The minimum atomic E-state index is -0.289. The fraction of sp³-hybridized carbons (Fsp3) is 0.909. The van der Waals surface area contributed by atoms with E-state index in [0.29, 0.717) is 13.2 Å². The summed E-state index contributed by atoms with van der Waals surface area (Å²) in [5, 5.41) is 6.32. The second-order valence-corrected chi connectivity index (χ2v) is 4.54. The molecule has 0 aromatic carbocycles. The molecule has 2 fully saturated rings. The van der Waals surface area contributed by atoms with Gasteiger partial charge in [0, 0.05) is 18.6 Å². The van der Waals surface area contributed by atoms with Gasteiger partial charge in [-0.05, 0) is 25.7 Å². The van der Waals surface area contributed by atoms with Gasteiger partial charge in [-0.25, -0.2) is 0 Å². The molecule has 4 nitrogen and oxygen atoms in total. The van der Waals surface area contributed by atoms with Crippen molar-refractivity contribution in [2.45, 2.75) is 44.2 Å². The molecule has 2 rings (SSSR count). The zero-order valence-electron chi connectivity index (χ0n) is 9.34. The van der Waals surface area contributed by atoms with Gasteiger partial charge in [0.25, 0.3) is 5.91 Å². The number of rotatable bonds is 3. The maximum atomic E-state index is 11.9. The SMILES string of the molecule is CCC1(NC(=O)C2CNCCO2)CCC1. The van der Waals surface area contributed by atoms with Gasteiger partial charge in [0.1, 0.15) is 6.10 Å². The van der Waals surface area contributed by atoms with Crippen molar-refractivity contribution in [2.24, 2.45) is 0 Å². The van der Waals surface area contributed by atoms with E-state index in [1.807, 2.05) is 0 Å². The minimum Gasteiger partial charge on any atom is -0.366 e. The smallest absolute Gasteiger partial charge is 0.250 e. The quantitative estimate of drug-likeness (QED) is 0.713.